The van der Waals surface area contributed by atoms with E-state index in [0.29, 0.717) is 60.8 Å². The number of carbonyl (C=O) groups excluding carboxylic acids is 2. The van der Waals surface area contributed by atoms with E-state index < -0.39 is 11.6 Å². The molecule has 40 heavy (non-hydrogen) atoms. The van der Waals surface area contributed by atoms with Crippen molar-refractivity contribution in [3.63, 3.8) is 0 Å². The van der Waals surface area contributed by atoms with Crippen LogP contribution in [0.4, 0.5) is 22.4 Å². The molecule has 0 saturated carbocycles. The molecular formula is C29H40N6O5. The van der Waals surface area contributed by atoms with Crippen LogP contribution < -0.4 is 24.2 Å². The van der Waals surface area contributed by atoms with Crippen molar-refractivity contribution in [2.45, 2.75) is 52.1 Å². The van der Waals surface area contributed by atoms with Crippen LogP contribution in [-0.4, -0.2) is 92.0 Å². The molecule has 5 rings (SSSR count). The van der Waals surface area contributed by atoms with Gasteiger partial charge in [0.05, 0.1) is 12.7 Å². The van der Waals surface area contributed by atoms with Gasteiger partial charge in [-0.15, -0.1) is 0 Å². The molecule has 0 atom stereocenters. The highest BCUT2D eigenvalue weighted by atomic mass is 16.6. The largest absolute Gasteiger partial charge is 0.497 e. The van der Waals surface area contributed by atoms with Gasteiger partial charge in [-0.3, -0.25) is 0 Å². The number of nitrogens with zero attached hydrogens (tertiary/aromatic N) is 6. The maximum atomic E-state index is 13.4. The Labute approximate surface area is 236 Å². The monoisotopic (exact) mass is 552 g/mol. The zero-order valence-electron chi connectivity index (χ0n) is 24.0. The van der Waals surface area contributed by atoms with Crippen LogP contribution in [0.15, 0.2) is 24.3 Å². The number of aromatic nitrogens is 2. The summed E-state index contributed by atoms with van der Waals surface area (Å²) in [6.07, 6.45) is 3.98. The minimum absolute atomic E-state index is 0.323. The standard InChI is InChI=1S/C29H40N6O5/c1-29(2,3)40-28(37)35-19-17-33(18-20-35)25-23(39-26(36)21-9-11-22(38-4)12-10-21)24(32-13-5-6-14-32)30-27(31-25)34-15-7-8-16-34/h9-12H,5-8,13-20H2,1-4H3. The van der Waals surface area contributed by atoms with E-state index in [2.05, 4.69) is 14.7 Å². The molecule has 11 nitrogen and oxygen atoms in total. The lowest BCUT2D eigenvalue weighted by atomic mass is 10.2. The number of hydrogen-bond donors (Lipinski definition) is 0. The Morgan fingerprint density at radius 3 is 1.80 bits per heavy atom. The summed E-state index contributed by atoms with van der Waals surface area (Å²) in [4.78, 5) is 44.3. The van der Waals surface area contributed by atoms with Crippen LogP contribution in [-0.2, 0) is 4.74 Å². The van der Waals surface area contributed by atoms with Crippen LogP contribution in [0.1, 0.15) is 56.8 Å². The Morgan fingerprint density at radius 2 is 1.27 bits per heavy atom. The second-order valence-corrected chi connectivity index (χ2v) is 11.5. The summed E-state index contributed by atoms with van der Waals surface area (Å²) in [6, 6.07) is 6.86. The smallest absolute Gasteiger partial charge is 0.410 e. The predicted octanol–water partition coefficient (Wildman–Crippen LogP) is 3.96. The molecule has 3 aliphatic rings. The normalized spacial score (nSPS) is 17.8. The SMILES string of the molecule is COc1ccc(C(=O)Oc2c(N3CCCC3)nc(N3CCCC3)nc2N2CCN(C(=O)OC(C)(C)C)CC2)cc1. The highest BCUT2D eigenvalue weighted by Crippen LogP contribution is 2.40. The van der Waals surface area contributed by atoms with Gasteiger partial charge >= 0.3 is 12.1 Å². The third kappa shape index (κ3) is 6.34. The first-order valence-corrected chi connectivity index (χ1v) is 14.2. The summed E-state index contributed by atoms with van der Waals surface area (Å²) < 4.78 is 17.0. The molecule has 0 radical (unpaired) electrons. The van der Waals surface area contributed by atoms with E-state index in [1.807, 2.05) is 20.8 Å². The molecule has 0 aliphatic carbocycles. The molecule has 1 aromatic heterocycles. The van der Waals surface area contributed by atoms with E-state index in [0.717, 1.165) is 51.9 Å². The van der Waals surface area contributed by atoms with Crippen molar-refractivity contribution in [3.8, 4) is 11.5 Å². The fourth-order valence-electron chi connectivity index (χ4n) is 5.23. The van der Waals surface area contributed by atoms with Gasteiger partial charge in [0.25, 0.3) is 0 Å². The molecular weight excluding hydrogens is 512 g/mol. The maximum absolute atomic E-state index is 13.4. The van der Waals surface area contributed by atoms with Crippen LogP contribution in [0.3, 0.4) is 0 Å². The molecule has 1 aromatic carbocycles. The van der Waals surface area contributed by atoms with E-state index in [4.69, 9.17) is 24.2 Å². The molecule has 11 heteroatoms. The number of benzene rings is 1. The van der Waals surface area contributed by atoms with E-state index >= 15 is 0 Å². The fraction of sp³-hybridized carbons (Fsp3) is 0.586. The summed E-state index contributed by atoms with van der Waals surface area (Å²) >= 11 is 0. The number of rotatable bonds is 6. The number of esters is 1. The summed E-state index contributed by atoms with van der Waals surface area (Å²) in [5, 5.41) is 0. The van der Waals surface area contributed by atoms with Crippen molar-refractivity contribution >= 4 is 29.6 Å². The number of ether oxygens (including phenoxy) is 3. The van der Waals surface area contributed by atoms with Crippen LogP contribution in [0.5, 0.6) is 11.5 Å². The van der Waals surface area contributed by atoms with Gasteiger partial charge in [0.1, 0.15) is 11.4 Å². The van der Waals surface area contributed by atoms with Crippen LogP contribution in [0, 0.1) is 0 Å². The minimum Gasteiger partial charge on any atom is -0.497 e. The van der Waals surface area contributed by atoms with E-state index in [9.17, 15) is 9.59 Å². The van der Waals surface area contributed by atoms with Crippen molar-refractivity contribution in [1.29, 1.82) is 0 Å². The number of piperazine rings is 1. The first kappa shape index (κ1) is 27.8. The van der Waals surface area contributed by atoms with Gasteiger partial charge in [0, 0.05) is 52.4 Å². The third-order valence-corrected chi connectivity index (χ3v) is 7.36. The second kappa shape index (κ2) is 11.8. The van der Waals surface area contributed by atoms with E-state index in [1.165, 1.54) is 0 Å². The van der Waals surface area contributed by atoms with E-state index in [1.54, 1.807) is 36.3 Å². The highest BCUT2D eigenvalue weighted by molar-refractivity contribution is 5.93. The maximum Gasteiger partial charge on any atom is 0.410 e. The van der Waals surface area contributed by atoms with Gasteiger partial charge in [-0.1, -0.05) is 0 Å². The lowest BCUT2D eigenvalue weighted by molar-refractivity contribution is 0.0240. The van der Waals surface area contributed by atoms with Crippen molar-refractivity contribution in [2.24, 2.45) is 0 Å². The number of anilines is 3. The molecule has 0 unspecified atom stereocenters. The Balaban J connectivity index is 1.48. The third-order valence-electron chi connectivity index (χ3n) is 7.36. The quantitative estimate of drug-likeness (QED) is 0.490. The summed E-state index contributed by atoms with van der Waals surface area (Å²) in [6.45, 7) is 11.1. The fourth-order valence-corrected chi connectivity index (χ4v) is 5.23. The van der Waals surface area contributed by atoms with Gasteiger partial charge in [-0.25, -0.2) is 9.59 Å². The first-order chi connectivity index (χ1) is 19.2. The van der Waals surface area contributed by atoms with Crippen molar-refractivity contribution in [3.05, 3.63) is 29.8 Å². The van der Waals surface area contributed by atoms with E-state index in [-0.39, 0.29) is 6.09 Å². The van der Waals surface area contributed by atoms with Gasteiger partial charge in [0.15, 0.2) is 11.6 Å². The molecule has 0 bridgehead atoms. The average Bonchev–Trinajstić information content (AvgIpc) is 3.67. The van der Waals surface area contributed by atoms with Gasteiger partial charge in [0.2, 0.25) is 11.7 Å². The molecule has 3 saturated heterocycles. The number of hydrogen-bond acceptors (Lipinski definition) is 10. The number of amides is 1. The van der Waals surface area contributed by atoms with Crippen molar-refractivity contribution in [2.75, 3.05) is 74.2 Å². The summed E-state index contributed by atoms with van der Waals surface area (Å²) in [5.41, 5.74) is -0.142. The first-order valence-electron chi connectivity index (χ1n) is 14.2. The van der Waals surface area contributed by atoms with Crippen LogP contribution >= 0.6 is 0 Å². The molecule has 4 heterocycles. The van der Waals surface area contributed by atoms with Gasteiger partial charge in [-0.2, -0.15) is 9.97 Å². The Kier molecular flexibility index (Phi) is 8.18. The zero-order chi connectivity index (χ0) is 28.3. The second-order valence-electron chi connectivity index (χ2n) is 11.5. The topological polar surface area (TPSA) is 101 Å². The Bertz CT molecular complexity index is 1190. The molecule has 216 valence electrons. The molecule has 2 aromatic rings. The number of methoxy groups -OCH3 is 1. The molecule has 1 amide bonds. The lowest BCUT2D eigenvalue weighted by Gasteiger charge is -2.37. The number of carbonyl (C=O) groups is 2. The molecule has 0 N–H and O–H groups in total. The highest BCUT2D eigenvalue weighted by Gasteiger charge is 2.33. The lowest BCUT2D eigenvalue weighted by Crippen LogP contribution is -2.50. The summed E-state index contributed by atoms with van der Waals surface area (Å²) in [5.74, 6) is 2.46. The van der Waals surface area contributed by atoms with Crippen LogP contribution in [0.25, 0.3) is 0 Å². The molecule has 3 fully saturated rings. The molecule has 3 aliphatic heterocycles. The minimum atomic E-state index is -0.557. The van der Waals surface area contributed by atoms with Gasteiger partial charge in [-0.05, 0) is 70.7 Å². The average molecular weight is 553 g/mol. The zero-order valence-corrected chi connectivity index (χ0v) is 24.0. The predicted molar refractivity (Wildman–Crippen MR) is 153 cm³/mol. The van der Waals surface area contributed by atoms with Crippen LogP contribution in [0.2, 0.25) is 0 Å². The Morgan fingerprint density at radius 1 is 0.750 bits per heavy atom. The van der Waals surface area contributed by atoms with Crippen molar-refractivity contribution < 1.29 is 23.8 Å². The molecule has 0 spiro atoms. The summed E-state index contributed by atoms with van der Waals surface area (Å²) in [7, 11) is 1.59. The Hall–Kier alpha value is -3.76. The van der Waals surface area contributed by atoms with Gasteiger partial charge < -0.3 is 33.8 Å². The van der Waals surface area contributed by atoms with Crippen molar-refractivity contribution in [1.82, 2.24) is 14.9 Å².